The Morgan fingerprint density at radius 3 is 1.25 bits per heavy atom. The maximum absolute atomic E-state index is 6.38. The number of fused-ring (bicyclic) bond motifs is 8. The van der Waals surface area contributed by atoms with E-state index in [2.05, 4.69) is 161 Å². The number of halogens is 2. The molecule has 2 N–H and O–H groups in total. The minimum absolute atomic E-state index is 0. The monoisotopic (exact) mass is 1020 g/mol. The summed E-state index contributed by atoms with van der Waals surface area (Å²) >= 11 is 0. The molecule has 8 bridgehead atoms. The summed E-state index contributed by atoms with van der Waals surface area (Å²) in [5, 5.41) is 0. The van der Waals surface area contributed by atoms with E-state index in [0.717, 1.165) is 99.1 Å². The van der Waals surface area contributed by atoms with Crippen LogP contribution in [0.3, 0.4) is 0 Å². The van der Waals surface area contributed by atoms with E-state index in [9.17, 15) is 0 Å². The molecule has 0 unspecified atom stereocenters. The van der Waals surface area contributed by atoms with Crippen LogP contribution in [-0.4, -0.2) is 62.2 Å². The Morgan fingerprint density at radius 2 is 0.833 bits per heavy atom. The normalized spacial score (nSPS) is 12.1. The number of quaternary nitrogens is 2. The molecule has 0 aliphatic carbocycles. The third-order valence-corrected chi connectivity index (χ3v) is 10.3. The van der Waals surface area contributed by atoms with Crippen molar-refractivity contribution in [2.24, 2.45) is 0 Å². The fraction of sp³-hybridized carbons (Fsp3) is 0.120. The average Bonchev–Trinajstić information content (AvgIpc) is 4.03. The van der Waals surface area contributed by atoms with Crippen LogP contribution in [-0.2, 0) is 0 Å². The second kappa shape index (κ2) is 17.2. The SMILES string of the molecule is C[N+](C)(C)c1ccc(Oc2cccc(-c3c4nc(cc5ccc([nH]5)c(-c5cccc(Oc6ccc([N+](C)(C)C)cc6)c5)c5ccc(cc6nc3C=C6)[nH]5)C=C4)c2)cc1.[I-].[I-]. The molecule has 0 saturated carbocycles. The summed E-state index contributed by atoms with van der Waals surface area (Å²) in [5.74, 6) is 3.06. The van der Waals surface area contributed by atoms with E-state index in [4.69, 9.17) is 19.4 Å². The molecule has 0 spiro atoms. The van der Waals surface area contributed by atoms with Gasteiger partial charge < -0.3 is 67.4 Å². The number of rotatable bonds is 8. The minimum atomic E-state index is 0. The Bertz CT molecular complexity index is 2820. The summed E-state index contributed by atoms with van der Waals surface area (Å²) in [4.78, 5) is 17.6. The Morgan fingerprint density at radius 1 is 0.417 bits per heavy atom. The van der Waals surface area contributed by atoms with Gasteiger partial charge in [0.25, 0.3) is 0 Å². The van der Waals surface area contributed by atoms with Crippen molar-refractivity contribution in [1.29, 1.82) is 0 Å². The van der Waals surface area contributed by atoms with Crippen molar-refractivity contribution >= 4 is 57.7 Å². The zero-order chi connectivity index (χ0) is 40.0. The lowest BCUT2D eigenvalue weighted by molar-refractivity contribution is -0.00100. The summed E-state index contributed by atoms with van der Waals surface area (Å²) in [6, 6.07) is 45.5. The number of hydrogen-bond acceptors (Lipinski definition) is 4. The van der Waals surface area contributed by atoms with Crippen LogP contribution < -0.4 is 66.4 Å². The molecule has 7 aromatic rings. The number of aromatic nitrogens is 4. The minimum Gasteiger partial charge on any atom is -1.00 e. The van der Waals surface area contributed by atoms with Crippen LogP contribution in [0.5, 0.6) is 23.0 Å². The van der Waals surface area contributed by atoms with E-state index >= 15 is 0 Å². The molecule has 0 atom stereocenters. The third kappa shape index (κ3) is 9.26. The number of nitrogens with zero attached hydrogens (tertiary/aromatic N) is 4. The van der Waals surface area contributed by atoms with E-state index in [1.165, 1.54) is 11.4 Å². The summed E-state index contributed by atoms with van der Waals surface area (Å²) in [6.07, 6.45) is 8.23. The van der Waals surface area contributed by atoms with Gasteiger partial charge in [0.1, 0.15) is 34.4 Å². The maximum Gasteiger partial charge on any atom is 0.132 e. The van der Waals surface area contributed by atoms with Crippen molar-refractivity contribution in [3.05, 3.63) is 156 Å². The highest BCUT2D eigenvalue weighted by Gasteiger charge is 2.17. The summed E-state index contributed by atoms with van der Waals surface area (Å²) in [7, 11) is 12.9. The number of H-pyrrole nitrogens is 2. The highest BCUT2D eigenvalue weighted by Crippen LogP contribution is 2.36. The molecule has 8 nitrogen and oxygen atoms in total. The lowest BCUT2D eigenvalue weighted by Gasteiger charge is -2.23. The number of ether oxygens (including phenoxy) is 2. The van der Waals surface area contributed by atoms with E-state index in [0.29, 0.717) is 0 Å². The molecule has 9 rings (SSSR count). The van der Waals surface area contributed by atoms with Crippen LogP contribution in [0, 0.1) is 0 Å². The average molecular weight is 1020 g/mol. The number of hydrogen-bond donors (Lipinski definition) is 2. The van der Waals surface area contributed by atoms with Gasteiger partial charge in [-0.25, -0.2) is 9.97 Å². The van der Waals surface area contributed by atoms with Gasteiger partial charge in [0, 0.05) is 57.5 Å². The molecule has 0 amide bonds. The molecular formula is C50H46I2N6O2. The van der Waals surface area contributed by atoms with Gasteiger partial charge in [0.2, 0.25) is 0 Å². The molecule has 5 heterocycles. The number of nitrogens with one attached hydrogen (secondary N) is 2. The van der Waals surface area contributed by atoms with Crippen LogP contribution >= 0.6 is 0 Å². The lowest BCUT2D eigenvalue weighted by atomic mass is 10.0. The van der Waals surface area contributed by atoms with E-state index < -0.39 is 0 Å². The van der Waals surface area contributed by atoms with Crippen LogP contribution in [0.2, 0.25) is 0 Å². The van der Waals surface area contributed by atoms with Crippen LogP contribution in [0.25, 0.3) is 68.6 Å². The summed E-state index contributed by atoms with van der Waals surface area (Å²) in [5.41, 5.74) is 13.5. The Kier molecular flexibility index (Phi) is 12.2. The zero-order valence-electron chi connectivity index (χ0n) is 34.4. The zero-order valence-corrected chi connectivity index (χ0v) is 38.7. The van der Waals surface area contributed by atoms with Crippen molar-refractivity contribution in [3.63, 3.8) is 0 Å². The largest absolute Gasteiger partial charge is 1.00 e. The molecule has 0 radical (unpaired) electrons. The van der Waals surface area contributed by atoms with Gasteiger partial charge in [0.05, 0.1) is 65.1 Å². The van der Waals surface area contributed by atoms with E-state index in [1.807, 2.05) is 48.5 Å². The molecule has 0 saturated heterocycles. The standard InChI is InChI=1S/C50H46N6O2.2HI/c1-55(2,3)39-17-21-41(22-18-39)57-43-11-7-9-33(29-43)49-45-25-13-35(51-45)31-37-15-27-47(53-37)50(48-28-16-38(54-48)32-36-14-26-46(49)52-36)34-10-8-12-44(30-34)58-42-23-19-40(20-24-42)56(4,5)6;;/h7-32,51-52H,1-6H3;2*1H/q+2;;/p-2. The Hall–Kier alpha value is -5.54. The number of benzene rings is 4. The van der Waals surface area contributed by atoms with Gasteiger partial charge in [-0.3, -0.25) is 8.97 Å². The molecule has 0 fully saturated rings. The molecule has 3 aromatic heterocycles. The van der Waals surface area contributed by atoms with Crippen LogP contribution in [0.4, 0.5) is 11.4 Å². The van der Waals surface area contributed by atoms with Crippen LogP contribution in [0.1, 0.15) is 22.8 Å². The van der Waals surface area contributed by atoms with Gasteiger partial charge in [0.15, 0.2) is 0 Å². The Balaban J connectivity index is 0.00000272. The van der Waals surface area contributed by atoms with Gasteiger partial charge >= 0.3 is 0 Å². The lowest BCUT2D eigenvalue weighted by Crippen LogP contribution is -3.00. The van der Waals surface area contributed by atoms with Crippen molar-refractivity contribution in [3.8, 4) is 45.3 Å². The topological polar surface area (TPSA) is 75.8 Å². The third-order valence-electron chi connectivity index (χ3n) is 10.3. The van der Waals surface area contributed by atoms with Gasteiger partial charge in [-0.1, -0.05) is 24.3 Å². The first kappa shape index (κ1) is 42.6. The number of aromatic amines is 2. The molecule has 60 heavy (non-hydrogen) atoms. The predicted octanol–water partition coefficient (Wildman–Crippen LogP) is 5.98. The van der Waals surface area contributed by atoms with E-state index in [-0.39, 0.29) is 48.0 Å². The maximum atomic E-state index is 6.38. The molecule has 2 aliphatic heterocycles. The van der Waals surface area contributed by atoms with Gasteiger partial charge in [-0.15, -0.1) is 0 Å². The predicted molar refractivity (Wildman–Crippen MR) is 242 cm³/mol. The molecule has 2 aliphatic rings. The van der Waals surface area contributed by atoms with E-state index in [1.54, 1.807) is 0 Å². The molecule has 302 valence electrons. The van der Waals surface area contributed by atoms with Crippen molar-refractivity contribution in [1.82, 2.24) is 28.9 Å². The molecule has 4 aromatic carbocycles. The first-order valence-electron chi connectivity index (χ1n) is 19.4. The molecule has 10 heteroatoms. The van der Waals surface area contributed by atoms with Crippen LogP contribution in [0.15, 0.2) is 133 Å². The second-order valence-electron chi connectivity index (χ2n) is 16.5. The van der Waals surface area contributed by atoms with Crippen molar-refractivity contribution in [2.45, 2.75) is 0 Å². The smallest absolute Gasteiger partial charge is 0.132 e. The fourth-order valence-corrected chi connectivity index (χ4v) is 7.31. The first-order chi connectivity index (χ1) is 27.9. The van der Waals surface area contributed by atoms with Crippen molar-refractivity contribution in [2.75, 3.05) is 42.3 Å². The fourth-order valence-electron chi connectivity index (χ4n) is 7.31. The molecular weight excluding hydrogens is 970 g/mol. The summed E-state index contributed by atoms with van der Waals surface area (Å²) in [6.45, 7) is 0. The Labute approximate surface area is 385 Å². The second-order valence-corrected chi connectivity index (χ2v) is 16.5. The van der Waals surface area contributed by atoms with Gasteiger partial charge in [-0.05, 0) is 120 Å². The quantitative estimate of drug-likeness (QED) is 0.145. The first-order valence-corrected chi connectivity index (χ1v) is 19.4. The highest BCUT2D eigenvalue weighted by molar-refractivity contribution is 5.94. The van der Waals surface area contributed by atoms with Gasteiger partial charge in [-0.2, -0.15) is 0 Å². The highest BCUT2D eigenvalue weighted by atomic mass is 127. The van der Waals surface area contributed by atoms with Crippen molar-refractivity contribution < 1.29 is 57.4 Å². The summed E-state index contributed by atoms with van der Waals surface area (Å²) < 4.78 is 14.2.